The van der Waals surface area contributed by atoms with Crippen molar-refractivity contribution in [1.82, 2.24) is 9.97 Å². The number of nitrogens with zero attached hydrogens (tertiary/aromatic N) is 1. The minimum atomic E-state index is 0.561. The number of aromatic nitrogens is 2. The molecule has 2 N–H and O–H groups in total. The average Bonchev–Trinajstić information content (AvgIpc) is 2.68. The highest BCUT2D eigenvalue weighted by atomic mass is 35.5. The summed E-state index contributed by atoms with van der Waals surface area (Å²) in [6.45, 7) is 3.41. The van der Waals surface area contributed by atoms with Crippen LogP contribution in [0.5, 0.6) is 5.75 Å². The van der Waals surface area contributed by atoms with Gasteiger partial charge >= 0.3 is 0 Å². The first kappa shape index (κ1) is 10.5. The second-order valence-electron chi connectivity index (χ2n) is 3.97. The number of fused-ring (bicyclic) bond motifs is 1. The van der Waals surface area contributed by atoms with E-state index in [1.54, 1.807) is 0 Å². The van der Waals surface area contributed by atoms with Crippen molar-refractivity contribution < 1.29 is 4.74 Å². The van der Waals surface area contributed by atoms with Gasteiger partial charge in [0.25, 0.3) is 0 Å². The van der Waals surface area contributed by atoms with Crippen LogP contribution in [0.4, 0.5) is 5.69 Å². The predicted molar refractivity (Wildman–Crippen MR) is 67.8 cm³/mol. The van der Waals surface area contributed by atoms with Crippen molar-refractivity contribution in [1.29, 1.82) is 0 Å². The van der Waals surface area contributed by atoms with E-state index in [1.165, 1.54) is 0 Å². The molecule has 0 saturated carbocycles. The van der Waals surface area contributed by atoms with Gasteiger partial charge in [0, 0.05) is 12.1 Å². The Labute approximate surface area is 104 Å². The van der Waals surface area contributed by atoms with Crippen LogP contribution in [-0.4, -0.2) is 23.1 Å². The lowest BCUT2D eigenvalue weighted by molar-refractivity contribution is 0.323. The van der Waals surface area contributed by atoms with Crippen LogP contribution in [0.1, 0.15) is 5.82 Å². The zero-order valence-corrected chi connectivity index (χ0v) is 10.1. The van der Waals surface area contributed by atoms with Crippen LogP contribution < -0.4 is 10.1 Å². The highest BCUT2D eigenvalue weighted by Crippen LogP contribution is 2.34. The van der Waals surface area contributed by atoms with Crippen LogP contribution in [-0.2, 0) is 0 Å². The van der Waals surface area contributed by atoms with Crippen molar-refractivity contribution in [3.63, 3.8) is 0 Å². The number of nitrogens with one attached hydrogen (secondary N) is 2. The van der Waals surface area contributed by atoms with Gasteiger partial charge in [-0.25, -0.2) is 4.98 Å². The van der Waals surface area contributed by atoms with E-state index in [0.29, 0.717) is 11.8 Å². The quantitative estimate of drug-likeness (QED) is 0.817. The number of aromatic amines is 1. The molecular weight excluding hydrogens is 238 g/mol. The summed E-state index contributed by atoms with van der Waals surface area (Å²) in [5.74, 6) is 1.66. The molecule has 4 nitrogen and oxygen atoms in total. The van der Waals surface area contributed by atoms with Crippen LogP contribution >= 0.6 is 11.6 Å². The lowest BCUT2D eigenvalue weighted by Gasteiger charge is -2.19. The molecule has 17 heavy (non-hydrogen) atoms. The second kappa shape index (κ2) is 3.96. The minimum Gasteiger partial charge on any atom is -0.490 e. The fourth-order valence-corrected chi connectivity index (χ4v) is 2.22. The van der Waals surface area contributed by atoms with Crippen molar-refractivity contribution in [2.75, 3.05) is 18.5 Å². The number of anilines is 1. The largest absolute Gasteiger partial charge is 0.490 e. The number of hydrogen-bond donors (Lipinski definition) is 2. The summed E-state index contributed by atoms with van der Waals surface area (Å²) in [5.41, 5.74) is 2.74. The predicted octanol–water partition coefficient (Wildman–Crippen LogP) is 2.84. The molecule has 1 aliphatic rings. The molecule has 1 aromatic carbocycles. The Bertz CT molecular complexity index is 565. The molecule has 88 valence electrons. The van der Waals surface area contributed by atoms with Crippen LogP contribution in [0.3, 0.4) is 0 Å². The van der Waals surface area contributed by atoms with E-state index in [1.807, 2.05) is 25.1 Å². The monoisotopic (exact) mass is 249 g/mol. The highest BCUT2D eigenvalue weighted by molar-refractivity contribution is 6.31. The molecular formula is C12H12ClN3O. The van der Waals surface area contributed by atoms with Crippen LogP contribution in [0.2, 0.25) is 5.15 Å². The molecule has 1 aliphatic heterocycles. The molecule has 2 aromatic rings. The number of halogens is 1. The summed E-state index contributed by atoms with van der Waals surface area (Å²) in [6.07, 6.45) is 0. The first-order chi connectivity index (χ1) is 8.24. The summed E-state index contributed by atoms with van der Waals surface area (Å²) in [5, 5.41) is 3.84. The Morgan fingerprint density at radius 3 is 3.06 bits per heavy atom. The average molecular weight is 250 g/mol. The Morgan fingerprint density at radius 1 is 1.41 bits per heavy atom. The number of aryl methyl sites for hydroxylation is 1. The molecule has 0 radical (unpaired) electrons. The van der Waals surface area contributed by atoms with E-state index in [2.05, 4.69) is 15.3 Å². The number of ether oxygens (including phenoxy) is 1. The molecule has 0 amide bonds. The third-order valence-corrected chi connectivity index (χ3v) is 2.98. The zero-order chi connectivity index (χ0) is 11.8. The van der Waals surface area contributed by atoms with Crippen LogP contribution in [0.25, 0.3) is 11.3 Å². The Morgan fingerprint density at radius 2 is 2.29 bits per heavy atom. The molecule has 5 heteroatoms. The molecule has 0 fully saturated rings. The van der Waals surface area contributed by atoms with Crippen molar-refractivity contribution in [2.45, 2.75) is 6.92 Å². The van der Waals surface area contributed by atoms with E-state index in [-0.39, 0.29) is 0 Å². The standard InChI is InChI=1S/C12H12ClN3O/c1-7-15-11(12(13)16-7)8-2-3-9-10(6-8)17-5-4-14-9/h2-3,6,14H,4-5H2,1H3,(H,15,16). The third kappa shape index (κ3) is 1.85. The number of H-pyrrole nitrogens is 1. The zero-order valence-electron chi connectivity index (χ0n) is 9.38. The maximum atomic E-state index is 6.09. The molecule has 2 heterocycles. The van der Waals surface area contributed by atoms with Crippen LogP contribution in [0, 0.1) is 6.92 Å². The number of imidazole rings is 1. The molecule has 1 aromatic heterocycles. The van der Waals surface area contributed by atoms with E-state index in [9.17, 15) is 0 Å². The van der Waals surface area contributed by atoms with Gasteiger partial charge < -0.3 is 15.0 Å². The Balaban J connectivity index is 2.06. The van der Waals surface area contributed by atoms with Crippen LogP contribution in [0.15, 0.2) is 18.2 Å². The van der Waals surface area contributed by atoms with Crippen molar-refractivity contribution in [3.05, 3.63) is 29.2 Å². The summed E-state index contributed by atoms with van der Waals surface area (Å²) in [6, 6.07) is 5.94. The second-order valence-corrected chi connectivity index (χ2v) is 4.35. The molecule has 0 atom stereocenters. The Kier molecular flexibility index (Phi) is 2.44. The molecule has 0 aliphatic carbocycles. The van der Waals surface area contributed by atoms with Gasteiger partial charge in [-0.05, 0) is 19.1 Å². The maximum absolute atomic E-state index is 6.09. The summed E-state index contributed by atoms with van der Waals surface area (Å²) < 4.78 is 5.59. The van der Waals surface area contributed by atoms with Gasteiger partial charge in [0.1, 0.15) is 29.0 Å². The molecule has 0 spiro atoms. The lowest BCUT2D eigenvalue weighted by Crippen LogP contribution is -2.17. The number of benzene rings is 1. The van der Waals surface area contributed by atoms with Crippen molar-refractivity contribution in [3.8, 4) is 17.0 Å². The van der Waals surface area contributed by atoms with E-state index in [4.69, 9.17) is 16.3 Å². The summed E-state index contributed by atoms with van der Waals surface area (Å²) in [4.78, 5) is 7.35. The fraction of sp³-hybridized carbons (Fsp3) is 0.250. The molecule has 3 rings (SSSR count). The minimum absolute atomic E-state index is 0.561. The van der Waals surface area contributed by atoms with Gasteiger partial charge in [-0.2, -0.15) is 0 Å². The maximum Gasteiger partial charge on any atom is 0.143 e. The van der Waals surface area contributed by atoms with Gasteiger partial charge in [-0.1, -0.05) is 17.7 Å². The summed E-state index contributed by atoms with van der Waals surface area (Å²) >= 11 is 6.09. The lowest BCUT2D eigenvalue weighted by atomic mass is 10.1. The first-order valence-electron chi connectivity index (χ1n) is 5.47. The smallest absolute Gasteiger partial charge is 0.143 e. The van der Waals surface area contributed by atoms with Gasteiger partial charge in [0.15, 0.2) is 0 Å². The number of rotatable bonds is 1. The topological polar surface area (TPSA) is 49.9 Å². The molecule has 0 unspecified atom stereocenters. The molecule has 0 saturated heterocycles. The van der Waals surface area contributed by atoms with Gasteiger partial charge in [0.2, 0.25) is 0 Å². The highest BCUT2D eigenvalue weighted by Gasteiger charge is 2.14. The normalized spacial score (nSPS) is 13.8. The van der Waals surface area contributed by atoms with E-state index in [0.717, 1.165) is 35.1 Å². The fourth-order valence-electron chi connectivity index (χ4n) is 1.94. The van der Waals surface area contributed by atoms with Crippen molar-refractivity contribution >= 4 is 17.3 Å². The number of hydrogen-bond acceptors (Lipinski definition) is 3. The summed E-state index contributed by atoms with van der Waals surface area (Å²) in [7, 11) is 0. The van der Waals surface area contributed by atoms with E-state index < -0.39 is 0 Å². The van der Waals surface area contributed by atoms with E-state index >= 15 is 0 Å². The van der Waals surface area contributed by atoms with Crippen molar-refractivity contribution in [2.24, 2.45) is 0 Å². The van der Waals surface area contributed by atoms with Gasteiger partial charge in [0.05, 0.1) is 5.69 Å². The SMILES string of the molecule is Cc1nc(-c2ccc3c(c2)OCCN3)c(Cl)[nH]1. The Hall–Kier alpha value is -1.68. The van der Waals surface area contributed by atoms with Gasteiger partial charge in [-0.3, -0.25) is 0 Å². The molecule has 0 bridgehead atoms. The third-order valence-electron chi connectivity index (χ3n) is 2.71. The first-order valence-corrected chi connectivity index (χ1v) is 5.85. The van der Waals surface area contributed by atoms with Gasteiger partial charge in [-0.15, -0.1) is 0 Å².